The topological polar surface area (TPSA) is 70.7 Å². The Kier molecular flexibility index (Phi) is 3.24. The molecule has 4 rings (SSSR count). The Morgan fingerprint density at radius 3 is 2.77 bits per heavy atom. The van der Waals surface area contributed by atoms with Crippen molar-refractivity contribution in [2.45, 2.75) is 38.5 Å². The molecule has 0 radical (unpaired) electrons. The number of rotatable bonds is 2. The van der Waals surface area contributed by atoms with E-state index in [9.17, 15) is 4.79 Å². The van der Waals surface area contributed by atoms with Crippen LogP contribution in [0.4, 0.5) is 5.82 Å². The second-order valence-corrected chi connectivity index (χ2v) is 6.28. The molecule has 2 aliphatic rings. The average molecular weight is 300 g/mol. The molecule has 6 heteroatoms. The highest BCUT2D eigenvalue weighted by Gasteiger charge is 2.28. The van der Waals surface area contributed by atoms with Crippen LogP contribution in [-0.4, -0.2) is 38.8 Å². The van der Waals surface area contributed by atoms with Gasteiger partial charge >= 0.3 is 5.97 Å². The quantitative estimate of drug-likeness (QED) is 0.917. The van der Waals surface area contributed by atoms with Gasteiger partial charge in [-0.15, -0.1) is 0 Å². The van der Waals surface area contributed by atoms with Gasteiger partial charge in [0, 0.05) is 31.0 Å². The first kappa shape index (κ1) is 13.5. The van der Waals surface area contributed by atoms with Crippen LogP contribution in [0.2, 0.25) is 0 Å². The van der Waals surface area contributed by atoms with Gasteiger partial charge in [-0.2, -0.15) is 5.10 Å². The van der Waals surface area contributed by atoms with E-state index in [4.69, 9.17) is 10.2 Å². The molecule has 0 bridgehead atoms. The Bertz CT molecular complexity index is 716. The van der Waals surface area contributed by atoms with Crippen molar-refractivity contribution in [1.29, 1.82) is 0 Å². The van der Waals surface area contributed by atoms with E-state index in [0.717, 1.165) is 37.3 Å². The van der Waals surface area contributed by atoms with Gasteiger partial charge in [0.05, 0.1) is 11.6 Å². The molecule has 1 aliphatic heterocycles. The van der Waals surface area contributed by atoms with Crippen LogP contribution in [0.15, 0.2) is 12.4 Å². The Balaban J connectivity index is 1.70. The maximum Gasteiger partial charge on any atom is 0.306 e. The fraction of sp³-hybridized carbons (Fsp3) is 0.562. The van der Waals surface area contributed by atoms with Crippen LogP contribution in [0.5, 0.6) is 0 Å². The SMILES string of the molecule is O=C(O)C1CCN(c2nccn3nc4c(c23)CCCC4)CC1. The summed E-state index contributed by atoms with van der Waals surface area (Å²) in [5.41, 5.74) is 3.68. The van der Waals surface area contributed by atoms with Crippen molar-refractivity contribution in [1.82, 2.24) is 14.6 Å². The van der Waals surface area contributed by atoms with Gasteiger partial charge in [0.15, 0.2) is 5.82 Å². The Morgan fingerprint density at radius 1 is 1.23 bits per heavy atom. The predicted octanol–water partition coefficient (Wildman–Crippen LogP) is 1.91. The number of aliphatic carboxylic acids is 1. The van der Waals surface area contributed by atoms with Gasteiger partial charge in [0.25, 0.3) is 0 Å². The molecule has 0 amide bonds. The highest BCUT2D eigenvalue weighted by Crippen LogP contribution is 2.31. The third-order valence-electron chi connectivity index (χ3n) is 4.94. The Hall–Kier alpha value is -2.11. The van der Waals surface area contributed by atoms with Crippen molar-refractivity contribution in [3.63, 3.8) is 0 Å². The minimum Gasteiger partial charge on any atom is -0.481 e. The van der Waals surface area contributed by atoms with Gasteiger partial charge < -0.3 is 10.0 Å². The summed E-state index contributed by atoms with van der Waals surface area (Å²) in [6.07, 6.45) is 9.64. The highest BCUT2D eigenvalue weighted by atomic mass is 16.4. The van der Waals surface area contributed by atoms with Gasteiger partial charge in [0.1, 0.15) is 5.52 Å². The molecule has 0 spiro atoms. The van der Waals surface area contributed by atoms with E-state index in [1.807, 2.05) is 10.7 Å². The van der Waals surface area contributed by atoms with Gasteiger partial charge in [-0.05, 0) is 38.5 Å². The molecule has 0 saturated carbocycles. The zero-order chi connectivity index (χ0) is 15.1. The molecule has 1 saturated heterocycles. The number of anilines is 1. The van der Waals surface area contributed by atoms with Crippen LogP contribution in [0.1, 0.15) is 36.9 Å². The number of carbonyl (C=O) groups is 1. The fourth-order valence-corrected chi connectivity index (χ4v) is 3.72. The van der Waals surface area contributed by atoms with Crippen LogP contribution in [-0.2, 0) is 17.6 Å². The molecular weight excluding hydrogens is 280 g/mol. The van der Waals surface area contributed by atoms with Crippen molar-refractivity contribution >= 4 is 17.3 Å². The lowest BCUT2D eigenvalue weighted by atomic mass is 9.95. The molecule has 0 aromatic carbocycles. The number of hydrogen-bond donors (Lipinski definition) is 1. The Labute approximate surface area is 128 Å². The zero-order valence-corrected chi connectivity index (χ0v) is 12.5. The summed E-state index contributed by atoms with van der Waals surface area (Å²) in [5, 5.41) is 13.9. The number of carboxylic acids is 1. The number of aromatic nitrogens is 3. The first-order valence-electron chi connectivity index (χ1n) is 8.07. The molecule has 3 heterocycles. The second-order valence-electron chi connectivity index (χ2n) is 6.28. The summed E-state index contributed by atoms with van der Waals surface area (Å²) < 4.78 is 1.96. The highest BCUT2D eigenvalue weighted by molar-refractivity contribution is 5.75. The molecule has 6 nitrogen and oxygen atoms in total. The smallest absolute Gasteiger partial charge is 0.306 e. The second kappa shape index (κ2) is 5.26. The van der Waals surface area contributed by atoms with Crippen molar-refractivity contribution in [2.24, 2.45) is 5.92 Å². The summed E-state index contributed by atoms with van der Waals surface area (Å²) in [7, 11) is 0. The molecule has 116 valence electrons. The zero-order valence-electron chi connectivity index (χ0n) is 12.5. The summed E-state index contributed by atoms with van der Waals surface area (Å²) in [5.74, 6) is 0.0874. The molecule has 1 fully saturated rings. The predicted molar refractivity (Wildman–Crippen MR) is 82.2 cm³/mol. The number of carboxylic acid groups (broad SMARTS) is 1. The molecule has 1 aliphatic carbocycles. The van der Waals surface area contributed by atoms with Gasteiger partial charge in [-0.25, -0.2) is 9.50 Å². The number of nitrogens with zero attached hydrogens (tertiary/aromatic N) is 4. The maximum absolute atomic E-state index is 11.1. The third kappa shape index (κ3) is 2.14. The summed E-state index contributed by atoms with van der Waals surface area (Å²) in [6.45, 7) is 1.51. The minimum absolute atomic E-state index is 0.213. The lowest BCUT2D eigenvalue weighted by Gasteiger charge is -2.31. The first-order chi connectivity index (χ1) is 10.7. The number of hydrogen-bond acceptors (Lipinski definition) is 4. The maximum atomic E-state index is 11.1. The van der Waals surface area contributed by atoms with Crippen molar-refractivity contribution in [3.8, 4) is 0 Å². The van der Waals surface area contributed by atoms with Crippen LogP contribution >= 0.6 is 0 Å². The van der Waals surface area contributed by atoms with Crippen LogP contribution in [0.25, 0.3) is 5.52 Å². The largest absolute Gasteiger partial charge is 0.481 e. The molecular formula is C16H20N4O2. The van der Waals surface area contributed by atoms with Crippen LogP contribution in [0.3, 0.4) is 0 Å². The monoisotopic (exact) mass is 300 g/mol. The van der Waals surface area contributed by atoms with Crippen molar-refractivity contribution in [3.05, 3.63) is 23.7 Å². The average Bonchev–Trinajstić information content (AvgIpc) is 2.93. The Morgan fingerprint density at radius 2 is 2.00 bits per heavy atom. The molecule has 2 aromatic heterocycles. The molecule has 1 N–H and O–H groups in total. The molecule has 22 heavy (non-hydrogen) atoms. The molecule has 2 aromatic rings. The number of fused-ring (bicyclic) bond motifs is 3. The van der Waals surface area contributed by atoms with E-state index in [-0.39, 0.29) is 5.92 Å². The van der Waals surface area contributed by atoms with Gasteiger partial charge in [0.2, 0.25) is 0 Å². The van der Waals surface area contributed by atoms with E-state index in [0.29, 0.717) is 12.8 Å². The molecule has 0 unspecified atom stereocenters. The van der Waals surface area contributed by atoms with Gasteiger partial charge in [-0.1, -0.05) is 0 Å². The fourth-order valence-electron chi connectivity index (χ4n) is 3.72. The van der Waals surface area contributed by atoms with Crippen LogP contribution < -0.4 is 4.90 Å². The van der Waals surface area contributed by atoms with Gasteiger partial charge in [-0.3, -0.25) is 4.79 Å². The van der Waals surface area contributed by atoms with E-state index >= 15 is 0 Å². The van der Waals surface area contributed by atoms with Crippen molar-refractivity contribution in [2.75, 3.05) is 18.0 Å². The van der Waals surface area contributed by atoms with E-state index in [1.165, 1.54) is 24.1 Å². The van der Waals surface area contributed by atoms with Crippen LogP contribution in [0, 0.1) is 5.92 Å². The lowest BCUT2D eigenvalue weighted by molar-refractivity contribution is -0.142. The standard InChI is InChI=1S/C16H20N4O2/c21-16(22)11-5-8-19(9-6-11)15-14-12-3-1-2-4-13(12)18-20(14)10-7-17-15/h7,10-11H,1-6,8-9H2,(H,21,22). The van der Waals surface area contributed by atoms with E-state index in [1.54, 1.807) is 6.20 Å². The summed E-state index contributed by atoms with van der Waals surface area (Å²) in [6, 6.07) is 0. The lowest BCUT2D eigenvalue weighted by Crippen LogP contribution is -2.37. The minimum atomic E-state index is -0.674. The molecule has 0 atom stereocenters. The third-order valence-corrected chi connectivity index (χ3v) is 4.94. The van der Waals surface area contributed by atoms with E-state index in [2.05, 4.69) is 9.88 Å². The normalized spacial score (nSPS) is 19.4. The number of piperidine rings is 1. The first-order valence-corrected chi connectivity index (χ1v) is 8.07. The summed E-state index contributed by atoms with van der Waals surface area (Å²) in [4.78, 5) is 17.9. The van der Waals surface area contributed by atoms with E-state index < -0.39 is 5.97 Å². The summed E-state index contributed by atoms with van der Waals surface area (Å²) >= 11 is 0. The number of aryl methyl sites for hydroxylation is 2. The van der Waals surface area contributed by atoms with Crippen molar-refractivity contribution < 1.29 is 9.90 Å².